The Morgan fingerprint density at radius 3 is 3.00 bits per heavy atom. The predicted octanol–water partition coefficient (Wildman–Crippen LogP) is 1.92. The van der Waals surface area contributed by atoms with E-state index < -0.39 is 0 Å². The van der Waals surface area contributed by atoms with E-state index in [1.165, 1.54) is 0 Å². The van der Waals surface area contributed by atoms with Crippen LogP contribution >= 0.6 is 28.6 Å². The Kier molecular flexibility index (Phi) is 2.06. The van der Waals surface area contributed by atoms with E-state index >= 15 is 0 Å². The van der Waals surface area contributed by atoms with Crippen LogP contribution in [0, 0.1) is 0 Å². The summed E-state index contributed by atoms with van der Waals surface area (Å²) >= 11 is 7.48. The van der Waals surface area contributed by atoms with Crippen molar-refractivity contribution < 1.29 is 0 Å². The van der Waals surface area contributed by atoms with E-state index in [0.717, 1.165) is 16.1 Å². The maximum absolute atomic E-state index is 4.24. The number of nitrogens with zero attached hydrogens (tertiary/aromatic N) is 3. The third-order valence-electron chi connectivity index (χ3n) is 1.50. The molecular formula is C7H6BrN3S. The third kappa shape index (κ3) is 1.23. The molecule has 0 amide bonds. The average molecular weight is 244 g/mol. The lowest BCUT2D eigenvalue weighted by atomic mass is 10.5. The average Bonchev–Trinajstić information content (AvgIpc) is 2.49. The van der Waals surface area contributed by atoms with Gasteiger partial charge in [-0.05, 0) is 28.1 Å². The maximum atomic E-state index is 4.24. The van der Waals surface area contributed by atoms with Gasteiger partial charge in [0.05, 0.1) is 5.75 Å². The van der Waals surface area contributed by atoms with Crippen LogP contribution in [0.1, 0.15) is 5.82 Å². The van der Waals surface area contributed by atoms with Crippen LogP contribution in [-0.4, -0.2) is 14.6 Å². The molecule has 2 aromatic rings. The largest absolute Gasteiger partial charge is 0.211 e. The molecule has 5 heteroatoms. The highest BCUT2D eigenvalue weighted by molar-refractivity contribution is 9.10. The zero-order valence-corrected chi connectivity index (χ0v) is 8.59. The van der Waals surface area contributed by atoms with E-state index in [0.29, 0.717) is 5.75 Å². The summed E-state index contributed by atoms with van der Waals surface area (Å²) in [6.45, 7) is 0. The summed E-state index contributed by atoms with van der Waals surface area (Å²) in [6, 6.07) is 5.76. The molecule has 0 unspecified atom stereocenters. The molecule has 0 saturated heterocycles. The summed E-state index contributed by atoms with van der Waals surface area (Å²) in [5.74, 6) is 1.30. The molecule has 12 heavy (non-hydrogen) atoms. The summed E-state index contributed by atoms with van der Waals surface area (Å²) < 4.78 is 2.64. The Morgan fingerprint density at radius 1 is 1.50 bits per heavy atom. The summed E-state index contributed by atoms with van der Waals surface area (Å²) in [7, 11) is 0. The van der Waals surface area contributed by atoms with Crippen molar-refractivity contribution in [2.45, 2.75) is 5.75 Å². The van der Waals surface area contributed by atoms with E-state index in [2.05, 4.69) is 38.6 Å². The van der Waals surface area contributed by atoms with Crippen molar-refractivity contribution in [3.63, 3.8) is 0 Å². The van der Waals surface area contributed by atoms with Crippen LogP contribution in [0.5, 0.6) is 0 Å². The number of rotatable bonds is 1. The number of fused-ring (bicyclic) bond motifs is 1. The molecule has 0 spiro atoms. The van der Waals surface area contributed by atoms with Gasteiger partial charge in [-0.2, -0.15) is 12.6 Å². The van der Waals surface area contributed by atoms with Gasteiger partial charge in [0.15, 0.2) is 11.5 Å². The number of hydrogen-bond donors (Lipinski definition) is 1. The lowest BCUT2D eigenvalue weighted by Crippen LogP contribution is -1.88. The highest BCUT2D eigenvalue weighted by Crippen LogP contribution is 2.11. The van der Waals surface area contributed by atoms with Crippen LogP contribution in [-0.2, 0) is 5.75 Å². The van der Waals surface area contributed by atoms with E-state index in [4.69, 9.17) is 0 Å². The predicted molar refractivity (Wildman–Crippen MR) is 53.4 cm³/mol. The van der Waals surface area contributed by atoms with Crippen LogP contribution in [0.25, 0.3) is 5.65 Å². The van der Waals surface area contributed by atoms with Gasteiger partial charge in [-0.1, -0.05) is 6.07 Å². The Labute approximate surface area is 83.3 Å². The smallest absolute Gasteiger partial charge is 0.161 e. The minimum atomic E-state index is 0.564. The molecule has 3 nitrogen and oxygen atoms in total. The van der Waals surface area contributed by atoms with Crippen molar-refractivity contribution in [2.75, 3.05) is 0 Å². The van der Waals surface area contributed by atoms with Crippen molar-refractivity contribution in [3.05, 3.63) is 28.6 Å². The SMILES string of the molecule is SCc1nc2cccc(Br)n2n1. The molecule has 0 atom stereocenters. The van der Waals surface area contributed by atoms with Crippen LogP contribution in [0.2, 0.25) is 0 Å². The first-order chi connectivity index (χ1) is 5.81. The summed E-state index contributed by atoms with van der Waals surface area (Å²) in [5, 5.41) is 4.21. The topological polar surface area (TPSA) is 30.2 Å². The fourth-order valence-corrected chi connectivity index (χ4v) is 1.53. The normalized spacial score (nSPS) is 10.8. The zero-order chi connectivity index (χ0) is 8.55. The fraction of sp³-hybridized carbons (Fsp3) is 0.143. The molecular weight excluding hydrogens is 238 g/mol. The Bertz CT molecular complexity index is 412. The number of aromatic nitrogens is 3. The van der Waals surface area contributed by atoms with Crippen molar-refractivity contribution in [3.8, 4) is 0 Å². The Morgan fingerprint density at radius 2 is 2.33 bits per heavy atom. The number of halogens is 1. The zero-order valence-electron chi connectivity index (χ0n) is 6.11. The monoisotopic (exact) mass is 243 g/mol. The van der Waals surface area contributed by atoms with E-state index in [9.17, 15) is 0 Å². The molecule has 0 N–H and O–H groups in total. The Balaban J connectivity index is 2.74. The number of thiol groups is 1. The quantitative estimate of drug-likeness (QED) is 0.613. The molecule has 0 radical (unpaired) electrons. The van der Waals surface area contributed by atoms with Crippen molar-refractivity contribution in [1.29, 1.82) is 0 Å². The molecule has 2 rings (SSSR count). The molecule has 0 aliphatic rings. The van der Waals surface area contributed by atoms with Gasteiger partial charge in [-0.3, -0.25) is 0 Å². The molecule has 62 valence electrons. The molecule has 2 aromatic heterocycles. The van der Waals surface area contributed by atoms with Gasteiger partial charge in [-0.25, -0.2) is 9.50 Å². The van der Waals surface area contributed by atoms with Crippen LogP contribution in [0.3, 0.4) is 0 Å². The van der Waals surface area contributed by atoms with Gasteiger partial charge < -0.3 is 0 Å². The molecule has 2 heterocycles. The first-order valence-electron chi connectivity index (χ1n) is 3.42. The highest BCUT2D eigenvalue weighted by Gasteiger charge is 2.02. The minimum Gasteiger partial charge on any atom is -0.211 e. The molecule has 0 fully saturated rings. The first-order valence-corrected chi connectivity index (χ1v) is 4.85. The molecule has 0 aliphatic heterocycles. The maximum Gasteiger partial charge on any atom is 0.161 e. The van der Waals surface area contributed by atoms with Crippen LogP contribution < -0.4 is 0 Å². The van der Waals surface area contributed by atoms with Crippen LogP contribution in [0.15, 0.2) is 22.8 Å². The van der Waals surface area contributed by atoms with Gasteiger partial charge >= 0.3 is 0 Å². The van der Waals surface area contributed by atoms with Gasteiger partial charge in [0.1, 0.15) is 4.60 Å². The lowest BCUT2D eigenvalue weighted by molar-refractivity contribution is 0.905. The fourth-order valence-electron chi connectivity index (χ4n) is 0.985. The van der Waals surface area contributed by atoms with Crippen LogP contribution in [0.4, 0.5) is 0 Å². The van der Waals surface area contributed by atoms with Gasteiger partial charge in [-0.15, -0.1) is 5.10 Å². The first kappa shape index (κ1) is 8.07. The van der Waals surface area contributed by atoms with Gasteiger partial charge in [0.25, 0.3) is 0 Å². The standard InChI is InChI=1S/C7H6BrN3S/c8-5-2-1-3-7-9-6(4-12)10-11(5)7/h1-3,12H,4H2. The van der Waals surface area contributed by atoms with Crippen molar-refractivity contribution >= 4 is 34.2 Å². The molecule has 0 bridgehead atoms. The second-order valence-electron chi connectivity index (χ2n) is 2.30. The molecule has 0 aliphatic carbocycles. The molecule has 0 saturated carbocycles. The number of hydrogen-bond acceptors (Lipinski definition) is 3. The van der Waals surface area contributed by atoms with E-state index in [1.807, 2.05) is 18.2 Å². The highest BCUT2D eigenvalue weighted by atomic mass is 79.9. The minimum absolute atomic E-state index is 0.564. The van der Waals surface area contributed by atoms with Gasteiger partial charge in [0, 0.05) is 0 Å². The summed E-state index contributed by atoms with van der Waals surface area (Å²) in [6.07, 6.45) is 0. The second kappa shape index (κ2) is 3.06. The van der Waals surface area contributed by atoms with E-state index in [1.54, 1.807) is 4.52 Å². The lowest BCUT2D eigenvalue weighted by Gasteiger charge is -1.91. The summed E-state index contributed by atoms with van der Waals surface area (Å²) in [4.78, 5) is 4.24. The third-order valence-corrected chi connectivity index (χ3v) is 2.38. The summed E-state index contributed by atoms with van der Waals surface area (Å²) in [5.41, 5.74) is 0.841. The number of pyridine rings is 1. The molecule has 0 aromatic carbocycles. The van der Waals surface area contributed by atoms with Crippen molar-refractivity contribution in [1.82, 2.24) is 14.6 Å². The second-order valence-corrected chi connectivity index (χ2v) is 3.43. The van der Waals surface area contributed by atoms with E-state index in [-0.39, 0.29) is 0 Å². The van der Waals surface area contributed by atoms with Crippen molar-refractivity contribution in [2.24, 2.45) is 0 Å². The Hall–Kier alpha value is -0.550. The van der Waals surface area contributed by atoms with Gasteiger partial charge in [0.2, 0.25) is 0 Å².